The molecule has 0 unspecified atom stereocenters. The van der Waals surface area contributed by atoms with Gasteiger partial charge in [0.25, 0.3) is 0 Å². The molecule has 2 aromatic rings. The number of guanidine groups is 1. The van der Waals surface area contributed by atoms with Crippen LogP contribution in [0.2, 0.25) is 0 Å². The minimum Gasteiger partial charge on any atom is -0.497 e. The smallest absolute Gasteiger partial charge is 0.191 e. The molecule has 2 N–H and O–H groups in total. The van der Waals surface area contributed by atoms with Crippen LogP contribution in [0.5, 0.6) is 5.75 Å². The van der Waals surface area contributed by atoms with Crippen LogP contribution in [0.1, 0.15) is 36.5 Å². The molecule has 0 atom stereocenters. The molecule has 1 saturated carbocycles. The standard InChI is InChI=1S/C21H32N6O2.HI/c1-16-25-26-19(27(16)2)14-23-20(24-15-21(9-10-21)11-12-28-3)22-13-17-5-7-18(29-4)8-6-17;/h5-8H,9-15H2,1-4H3,(H2,22,23,24);1H. The second kappa shape index (κ2) is 11.5. The molecule has 8 nitrogen and oxygen atoms in total. The molecule has 0 spiro atoms. The lowest BCUT2D eigenvalue weighted by atomic mass is 10.0. The van der Waals surface area contributed by atoms with Gasteiger partial charge in [-0.2, -0.15) is 0 Å². The highest BCUT2D eigenvalue weighted by Gasteiger charge is 2.41. The molecule has 0 radical (unpaired) electrons. The van der Waals surface area contributed by atoms with E-state index < -0.39 is 0 Å². The topological polar surface area (TPSA) is 85.6 Å². The molecule has 0 saturated heterocycles. The number of halogens is 1. The second-order valence-electron chi connectivity index (χ2n) is 7.69. The van der Waals surface area contributed by atoms with Crippen molar-refractivity contribution in [3.8, 4) is 5.75 Å². The van der Waals surface area contributed by atoms with Crippen LogP contribution >= 0.6 is 24.0 Å². The largest absolute Gasteiger partial charge is 0.497 e. The fourth-order valence-electron chi connectivity index (χ4n) is 3.13. The first-order valence-electron chi connectivity index (χ1n) is 10.0. The van der Waals surface area contributed by atoms with Crippen molar-refractivity contribution in [1.82, 2.24) is 25.4 Å². The summed E-state index contributed by atoms with van der Waals surface area (Å²) in [6, 6.07) is 7.98. The predicted octanol–water partition coefficient (Wildman–Crippen LogP) is 2.80. The number of methoxy groups -OCH3 is 2. The van der Waals surface area contributed by atoms with Crippen LogP contribution < -0.4 is 15.4 Å². The molecule has 3 rings (SSSR count). The molecular weight excluding hydrogens is 495 g/mol. The fourth-order valence-corrected chi connectivity index (χ4v) is 3.13. The van der Waals surface area contributed by atoms with E-state index in [1.54, 1.807) is 14.2 Å². The minimum atomic E-state index is 0. The SMILES string of the molecule is COCCC1(CNC(=NCc2ccc(OC)cc2)NCc2nnc(C)n2C)CC1.I. The van der Waals surface area contributed by atoms with Crippen LogP contribution in [-0.2, 0) is 24.9 Å². The summed E-state index contributed by atoms with van der Waals surface area (Å²) in [6.07, 6.45) is 3.54. The number of rotatable bonds is 10. The van der Waals surface area contributed by atoms with Crippen LogP contribution in [0.25, 0.3) is 0 Å². The molecule has 1 fully saturated rings. The number of nitrogens with one attached hydrogen (secondary N) is 2. The molecule has 1 aliphatic carbocycles. The maximum Gasteiger partial charge on any atom is 0.191 e. The van der Waals surface area contributed by atoms with Gasteiger partial charge < -0.3 is 24.7 Å². The van der Waals surface area contributed by atoms with E-state index in [-0.39, 0.29) is 24.0 Å². The third-order valence-corrected chi connectivity index (χ3v) is 5.60. The highest BCUT2D eigenvalue weighted by molar-refractivity contribution is 14.0. The average molecular weight is 528 g/mol. The summed E-state index contributed by atoms with van der Waals surface area (Å²) in [4.78, 5) is 4.78. The molecule has 1 heterocycles. The highest BCUT2D eigenvalue weighted by atomic mass is 127. The molecule has 0 aliphatic heterocycles. The van der Waals surface area contributed by atoms with Gasteiger partial charge in [0, 0.05) is 27.3 Å². The van der Waals surface area contributed by atoms with Gasteiger partial charge in [0.05, 0.1) is 20.2 Å². The van der Waals surface area contributed by atoms with Crippen molar-refractivity contribution < 1.29 is 9.47 Å². The Morgan fingerprint density at radius 3 is 2.47 bits per heavy atom. The number of aryl methyl sites for hydroxylation is 1. The lowest BCUT2D eigenvalue weighted by Crippen LogP contribution is -2.40. The van der Waals surface area contributed by atoms with E-state index in [0.717, 1.165) is 48.5 Å². The highest BCUT2D eigenvalue weighted by Crippen LogP contribution is 2.48. The van der Waals surface area contributed by atoms with E-state index in [1.807, 2.05) is 42.8 Å². The summed E-state index contributed by atoms with van der Waals surface area (Å²) in [5.74, 6) is 3.40. The van der Waals surface area contributed by atoms with Crippen LogP contribution in [0, 0.1) is 12.3 Å². The van der Waals surface area contributed by atoms with E-state index in [1.165, 1.54) is 12.8 Å². The van der Waals surface area contributed by atoms with Crippen LogP contribution in [0.4, 0.5) is 0 Å². The summed E-state index contributed by atoms with van der Waals surface area (Å²) in [7, 11) is 5.40. The van der Waals surface area contributed by atoms with Gasteiger partial charge in [0.1, 0.15) is 11.6 Å². The summed E-state index contributed by atoms with van der Waals surface area (Å²) in [6.45, 7) is 4.79. The molecule has 1 aliphatic rings. The molecule has 1 aromatic carbocycles. The number of nitrogens with zero attached hydrogens (tertiary/aromatic N) is 4. The summed E-state index contributed by atoms with van der Waals surface area (Å²) in [5.41, 5.74) is 1.46. The Bertz CT molecular complexity index is 817. The fraction of sp³-hybridized carbons (Fsp3) is 0.571. The van der Waals surface area contributed by atoms with E-state index in [2.05, 4.69) is 20.8 Å². The average Bonchev–Trinajstić information content (AvgIpc) is 3.46. The first-order valence-corrected chi connectivity index (χ1v) is 10.0. The number of ether oxygens (including phenoxy) is 2. The molecular formula is C21H33IN6O2. The van der Waals surface area contributed by atoms with Gasteiger partial charge in [-0.05, 0) is 49.3 Å². The van der Waals surface area contributed by atoms with Crippen molar-refractivity contribution in [3.63, 3.8) is 0 Å². The third-order valence-electron chi connectivity index (χ3n) is 5.60. The third kappa shape index (κ3) is 6.83. The van der Waals surface area contributed by atoms with Gasteiger partial charge in [0.2, 0.25) is 0 Å². The van der Waals surface area contributed by atoms with Crippen LogP contribution in [-0.4, -0.2) is 48.1 Å². The Balaban J connectivity index is 0.00000320. The summed E-state index contributed by atoms with van der Waals surface area (Å²) >= 11 is 0. The maximum atomic E-state index is 5.27. The molecule has 0 bridgehead atoms. The van der Waals surface area contributed by atoms with Gasteiger partial charge in [-0.1, -0.05) is 12.1 Å². The van der Waals surface area contributed by atoms with Gasteiger partial charge in [-0.3, -0.25) is 0 Å². The van der Waals surface area contributed by atoms with Gasteiger partial charge >= 0.3 is 0 Å². The van der Waals surface area contributed by atoms with E-state index in [0.29, 0.717) is 18.5 Å². The van der Waals surface area contributed by atoms with Gasteiger partial charge in [-0.25, -0.2) is 4.99 Å². The Morgan fingerprint density at radius 1 is 1.17 bits per heavy atom. The Morgan fingerprint density at radius 2 is 1.90 bits per heavy atom. The molecule has 1 aromatic heterocycles. The number of hydrogen-bond acceptors (Lipinski definition) is 5. The number of hydrogen-bond donors (Lipinski definition) is 2. The van der Waals surface area contributed by atoms with Crippen molar-refractivity contribution in [2.75, 3.05) is 27.4 Å². The first kappa shape index (κ1) is 24.4. The normalized spacial score (nSPS) is 14.7. The zero-order chi connectivity index (χ0) is 20.7. The van der Waals surface area contributed by atoms with Crippen molar-refractivity contribution in [2.45, 2.75) is 39.3 Å². The minimum absolute atomic E-state index is 0. The van der Waals surface area contributed by atoms with E-state index in [4.69, 9.17) is 14.5 Å². The monoisotopic (exact) mass is 528 g/mol. The molecule has 166 valence electrons. The number of benzene rings is 1. The zero-order valence-electron chi connectivity index (χ0n) is 18.3. The Kier molecular flexibility index (Phi) is 9.35. The number of aromatic nitrogens is 3. The van der Waals surface area contributed by atoms with E-state index in [9.17, 15) is 0 Å². The number of aliphatic imine (C=N–C) groups is 1. The van der Waals surface area contributed by atoms with Crippen molar-refractivity contribution in [1.29, 1.82) is 0 Å². The molecule has 0 amide bonds. The lowest BCUT2D eigenvalue weighted by molar-refractivity contribution is 0.172. The Labute approximate surface area is 195 Å². The lowest BCUT2D eigenvalue weighted by Gasteiger charge is -2.18. The van der Waals surface area contributed by atoms with Crippen molar-refractivity contribution >= 4 is 29.9 Å². The zero-order valence-corrected chi connectivity index (χ0v) is 20.6. The van der Waals surface area contributed by atoms with E-state index >= 15 is 0 Å². The Hall–Kier alpha value is -1.88. The van der Waals surface area contributed by atoms with Crippen molar-refractivity contribution in [3.05, 3.63) is 41.5 Å². The van der Waals surface area contributed by atoms with Gasteiger partial charge in [-0.15, -0.1) is 34.2 Å². The van der Waals surface area contributed by atoms with Crippen LogP contribution in [0.15, 0.2) is 29.3 Å². The second-order valence-corrected chi connectivity index (χ2v) is 7.69. The van der Waals surface area contributed by atoms with Crippen LogP contribution in [0.3, 0.4) is 0 Å². The van der Waals surface area contributed by atoms with Crippen molar-refractivity contribution in [2.24, 2.45) is 17.5 Å². The quantitative estimate of drug-likeness (QED) is 0.280. The molecule has 9 heteroatoms. The first-order chi connectivity index (χ1) is 14.0. The van der Waals surface area contributed by atoms with Gasteiger partial charge in [0.15, 0.2) is 11.8 Å². The summed E-state index contributed by atoms with van der Waals surface area (Å²) < 4.78 is 12.5. The summed E-state index contributed by atoms with van der Waals surface area (Å²) in [5, 5.41) is 15.3. The predicted molar refractivity (Wildman–Crippen MR) is 128 cm³/mol. The molecule has 30 heavy (non-hydrogen) atoms. The maximum absolute atomic E-state index is 5.27.